The van der Waals surface area contributed by atoms with E-state index in [0.29, 0.717) is 6.54 Å². The SMILES string of the molecule is Cc1cc(F)ccc1CCNc1ncnc2c1cnn2C. The van der Waals surface area contributed by atoms with E-state index in [2.05, 4.69) is 20.4 Å². The van der Waals surface area contributed by atoms with E-state index in [1.807, 2.05) is 20.0 Å². The average molecular weight is 285 g/mol. The summed E-state index contributed by atoms with van der Waals surface area (Å²) in [6.45, 7) is 2.63. The minimum Gasteiger partial charge on any atom is -0.369 e. The lowest BCUT2D eigenvalue weighted by molar-refractivity contribution is 0.625. The number of benzene rings is 1. The van der Waals surface area contributed by atoms with Crippen molar-refractivity contribution in [2.24, 2.45) is 7.05 Å². The summed E-state index contributed by atoms with van der Waals surface area (Å²) in [6, 6.07) is 4.87. The Balaban J connectivity index is 1.72. The van der Waals surface area contributed by atoms with Gasteiger partial charge in [-0.2, -0.15) is 5.10 Å². The van der Waals surface area contributed by atoms with E-state index in [-0.39, 0.29) is 5.82 Å². The largest absolute Gasteiger partial charge is 0.369 e. The van der Waals surface area contributed by atoms with Crippen LogP contribution < -0.4 is 5.32 Å². The molecule has 0 unspecified atom stereocenters. The van der Waals surface area contributed by atoms with E-state index in [1.165, 1.54) is 12.4 Å². The summed E-state index contributed by atoms with van der Waals surface area (Å²) in [7, 11) is 1.85. The molecule has 21 heavy (non-hydrogen) atoms. The molecule has 0 spiro atoms. The van der Waals surface area contributed by atoms with Crippen LogP contribution in [0.2, 0.25) is 0 Å². The number of aryl methyl sites for hydroxylation is 2. The topological polar surface area (TPSA) is 55.6 Å². The molecule has 3 rings (SSSR count). The van der Waals surface area contributed by atoms with Crippen LogP contribution in [0.25, 0.3) is 11.0 Å². The van der Waals surface area contributed by atoms with Crippen LogP contribution in [0.5, 0.6) is 0 Å². The monoisotopic (exact) mass is 285 g/mol. The summed E-state index contributed by atoms with van der Waals surface area (Å²) in [5, 5.41) is 8.37. The number of fused-ring (bicyclic) bond motifs is 1. The number of rotatable bonds is 4. The van der Waals surface area contributed by atoms with Gasteiger partial charge in [-0.05, 0) is 36.6 Å². The predicted octanol–water partition coefficient (Wildman–Crippen LogP) is 2.47. The Labute approximate surface area is 121 Å². The fourth-order valence-electron chi connectivity index (χ4n) is 2.36. The first-order valence-electron chi connectivity index (χ1n) is 6.77. The van der Waals surface area contributed by atoms with Crippen molar-refractivity contribution < 1.29 is 4.39 Å². The number of anilines is 1. The minimum absolute atomic E-state index is 0.197. The molecule has 6 heteroatoms. The molecule has 0 amide bonds. The van der Waals surface area contributed by atoms with Crippen molar-refractivity contribution in [3.8, 4) is 0 Å². The third-order valence-corrected chi connectivity index (χ3v) is 3.52. The van der Waals surface area contributed by atoms with Gasteiger partial charge in [0.2, 0.25) is 0 Å². The van der Waals surface area contributed by atoms with E-state index >= 15 is 0 Å². The van der Waals surface area contributed by atoms with Crippen molar-refractivity contribution in [3.63, 3.8) is 0 Å². The Kier molecular flexibility index (Phi) is 3.51. The third kappa shape index (κ3) is 2.69. The molecule has 0 radical (unpaired) electrons. The number of hydrogen-bond acceptors (Lipinski definition) is 4. The van der Waals surface area contributed by atoms with Crippen LogP contribution in [0.4, 0.5) is 10.2 Å². The van der Waals surface area contributed by atoms with Gasteiger partial charge in [0.15, 0.2) is 5.65 Å². The molecule has 1 aromatic carbocycles. The average Bonchev–Trinajstić information content (AvgIpc) is 2.84. The summed E-state index contributed by atoms with van der Waals surface area (Å²) in [5.41, 5.74) is 2.89. The number of hydrogen-bond donors (Lipinski definition) is 1. The molecule has 1 N–H and O–H groups in total. The minimum atomic E-state index is -0.197. The molecule has 2 aromatic heterocycles. The second-order valence-electron chi connectivity index (χ2n) is 4.98. The molecule has 108 valence electrons. The van der Waals surface area contributed by atoms with E-state index < -0.39 is 0 Å². The Morgan fingerprint density at radius 3 is 2.95 bits per heavy atom. The number of aromatic nitrogens is 4. The van der Waals surface area contributed by atoms with Crippen molar-refractivity contribution in [1.82, 2.24) is 19.7 Å². The van der Waals surface area contributed by atoms with Gasteiger partial charge < -0.3 is 5.32 Å². The highest BCUT2D eigenvalue weighted by atomic mass is 19.1. The van der Waals surface area contributed by atoms with E-state index in [4.69, 9.17) is 0 Å². The molecular formula is C15H16FN5. The standard InChI is InChI=1S/C15H16FN5/c1-10-7-12(16)4-3-11(10)5-6-17-14-13-8-20-21(2)15(13)19-9-18-14/h3-4,7-9H,5-6H2,1-2H3,(H,17,18,19). The van der Waals surface area contributed by atoms with E-state index in [9.17, 15) is 4.39 Å². The van der Waals surface area contributed by atoms with Crippen molar-refractivity contribution in [2.45, 2.75) is 13.3 Å². The zero-order chi connectivity index (χ0) is 14.8. The van der Waals surface area contributed by atoms with Crippen LogP contribution in [-0.4, -0.2) is 26.3 Å². The molecule has 0 saturated carbocycles. The number of halogens is 1. The molecule has 0 aliphatic heterocycles. The van der Waals surface area contributed by atoms with Gasteiger partial charge in [0.1, 0.15) is 18.0 Å². The molecule has 3 aromatic rings. The smallest absolute Gasteiger partial charge is 0.163 e. The molecule has 5 nitrogen and oxygen atoms in total. The quantitative estimate of drug-likeness (QED) is 0.800. The van der Waals surface area contributed by atoms with Gasteiger partial charge in [-0.25, -0.2) is 14.4 Å². The van der Waals surface area contributed by atoms with Crippen LogP contribution in [0.15, 0.2) is 30.7 Å². The normalized spacial score (nSPS) is 11.0. The van der Waals surface area contributed by atoms with Gasteiger partial charge in [0.25, 0.3) is 0 Å². The lowest BCUT2D eigenvalue weighted by Gasteiger charge is -2.08. The zero-order valence-electron chi connectivity index (χ0n) is 12.0. The summed E-state index contributed by atoms with van der Waals surface area (Å²) >= 11 is 0. The first-order chi connectivity index (χ1) is 10.1. The fourth-order valence-corrected chi connectivity index (χ4v) is 2.36. The molecule has 0 saturated heterocycles. The Bertz CT molecular complexity index is 781. The van der Waals surface area contributed by atoms with E-state index in [1.54, 1.807) is 16.9 Å². The van der Waals surface area contributed by atoms with Crippen LogP contribution in [0, 0.1) is 12.7 Å². The van der Waals surface area contributed by atoms with Crippen LogP contribution in [0.3, 0.4) is 0 Å². The maximum atomic E-state index is 13.1. The number of nitrogens with zero attached hydrogens (tertiary/aromatic N) is 4. The Morgan fingerprint density at radius 2 is 2.14 bits per heavy atom. The zero-order valence-corrected chi connectivity index (χ0v) is 12.0. The lowest BCUT2D eigenvalue weighted by Crippen LogP contribution is -2.08. The Morgan fingerprint density at radius 1 is 1.29 bits per heavy atom. The van der Waals surface area contributed by atoms with Crippen LogP contribution in [0.1, 0.15) is 11.1 Å². The summed E-state index contributed by atoms with van der Waals surface area (Å²) in [5.74, 6) is 0.574. The van der Waals surface area contributed by atoms with Gasteiger partial charge in [-0.1, -0.05) is 6.07 Å². The second-order valence-corrected chi connectivity index (χ2v) is 4.98. The maximum Gasteiger partial charge on any atom is 0.163 e. The van der Waals surface area contributed by atoms with Gasteiger partial charge in [-0.15, -0.1) is 0 Å². The highest BCUT2D eigenvalue weighted by Gasteiger charge is 2.07. The van der Waals surface area contributed by atoms with Crippen molar-refractivity contribution in [3.05, 3.63) is 47.7 Å². The first kappa shape index (κ1) is 13.5. The summed E-state index contributed by atoms with van der Waals surface area (Å²) < 4.78 is 14.8. The molecule has 2 heterocycles. The van der Waals surface area contributed by atoms with Crippen LogP contribution >= 0.6 is 0 Å². The van der Waals surface area contributed by atoms with Crippen molar-refractivity contribution in [1.29, 1.82) is 0 Å². The third-order valence-electron chi connectivity index (χ3n) is 3.52. The summed E-state index contributed by atoms with van der Waals surface area (Å²) in [4.78, 5) is 8.45. The van der Waals surface area contributed by atoms with Gasteiger partial charge in [0.05, 0.1) is 11.6 Å². The predicted molar refractivity (Wildman–Crippen MR) is 79.6 cm³/mol. The molecule has 0 atom stereocenters. The summed E-state index contributed by atoms with van der Waals surface area (Å²) in [6.07, 6.45) is 4.08. The first-order valence-corrected chi connectivity index (χ1v) is 6.77. The molecule has 0 aliphatic carbocycles. The molecule has 0 bridgehead atoms. The fraction of sp³-hybridized carbons (Fsp3) is 0.267. The number of nitrogens with one attached hydrogen (secondary N) is 1. The van der Waals surface area contributed by atoms with E-state index in [0.717, 1.165) is 34.4 Å². The molecular weight excluding hydrogens is 269 g/mol. The van der Waals surface area contributed by atoms with Gasteiger partial charge in [0, 0.05) is 13.6 Å². The highest BCUT2D eigenvalue weighted by molar-refractivity contribution is 5.85. The Hall–Kier alpha value is -2.50. The highest BCUT2D eigenvalue weighted by Crippen LogP contribution is 2.18. The molecule has 0 aliphatic rings. The molecule has 0 fully saturated rings. The van der Waals surface area contributed by atoms with Crippen molar-refractivity contribution >= 4 is 16.9 Å². The lowest BCUT2D eigenvalue weighted by atomic mass is 10.1. The van der Waals surface area contributed by atoms with Crippen molar-refractivity contribution in [2.75, 3.05) is 11.9 Å². The second kappa shape index (κ2) is 5.47. The van der Waals surface area contributed by atoms with Gasteiger partial charge in [-0.3, -0.25) is 4.68 Å². The van der Waals surface area contributed by atoms with Gasteiger partial charge >= 0.3 is 0 Å². The van der Waals surface area contributed by atoms with Crippen LogP contribution in [-0.2, 0) is 13.5 Å². The maximum absolute atomic E-state index is 13.1.